The SMILES string of the molecule is Oc1c(Cl)cc(Cl)cc1C=NC[C@@H]1COc2ccccc2O1. The second kappa shape index (κ2) is 6.46. The van der Waals surface area contributed by atoms with Gasteiger partial charge < -0.3 is 14.6 Å². The number of hydrogen-bond donors (Lipinski definition) is 1. The van der Waals surface area contributed by atoms with E-state index in [1.54, 1.807) is 6.07 Å². The molecule has 0 amide bonds. The number of phenols is 1. The number of hydrogen-bond acceptors (Lipinski definition) is 4. The van der Waals surface area contributed by atoms with Gasteiger partial charge in [-0.05, 0) is 24.3 Å². The summed E-state index contributed by atoms with van der Waals surface area (Å²) in [6.07, 6.45) is 1.35. The highest BCUT2D eigenvalue weighted by molar-refractivity contribution is 6.36. The van der Waals surface area contributed by atoms with Gasteiger partial charge in [0, 0.05) is 16.8 Å². The monoisotopic (exact) mass is 337 g/mol. The van der Waals surface area contributed by atoms with Crippen LogP contribution >= 0.6 is 23.2 Å². The molecule has 6 heteroatoms. The molecule has 0 fully saturated rings. The zero-order chi connectivity index (χ0) is 15.5. The van der Waals surface area contributed by atoms with Crippen molar-refractivity contribution in [2.75, 3.05) is 13.2 Å². The molecule has 1 aliphatic heterocycles. The Morgan fingerprint density at radius 1 is 1.23 bits per heavy atom. The van der Waals surface area contributed by atoms with Gasteiger partial charge in [-0.15, -0.1) is 0 Å². The van der Waals surface area contributed by atoms with Gasteiger partial charge in [-0.3, -0.25) is 4.99 Å². The van der Waals surface area contributed by atoms with Crippen LogP contribution in [0.3, 0.4) is 0 Å². The van der Waals surface area contributed by atoms with E-state index in [4.69, 9.17) is 32.7 Å². The lowest BCUT2D eigenvalue weighted by atomic mass is 10.2. The van der Waals surface area contributed by atoms with Crippen LogP contribution in [0.15, 0.2) is 41.4 Å². The standard InChI is InChI=1S/C16H13Cl2NO3/c17-11-5-10(16(20)13(18)6-11)7-19-8-12-9-21-14-3-1-2-4-15(14)22-12/h1-7,12,20H,8-9H2/t12-/m1/s1. The topological polar surface area (TPSA) is 51.1 Å². The fourth-order valence-electron chi connectivity index (χ4n) is 2.11. The zero-order valence-corrected chi connectivity index (χ0v) is 13.0. The summed E-state index contributed by atoms with van der Waals surface area (Å²) in [4.78, 5) is 4.27. The van der Waals surface area contributed by atoms with E-state index in [0.717, 1.165) is 5.75 Å². The Balaban J connectivity index is 1.66. The molecule has 114 valence electrons. The number of rotatable bonds is 3. The molecule has 1 aliphatic rings. The van der Waals surface area contributed by atoms with E-state index in [9.17, 15) is 5.11 Å². The highest BCUT2D eigenvalue weighted by Gasteiger charge is 2.19. The number of phenolic OH excluding ortho intramolecular Hbond substituents is 1. The van der Waals surface area contributed by atoms with Crippen LogP contribution in [0.1, 0.15) is 5.56 Å². The maximum atomic E-state index is 9.85. The molecule has 22 heavy (non-hydrogen) atoms. The Morgan fingerprint density at radius 2 is 2.00 bits per heavy atom. The Hall–Kier alpha value is -1.91. The van der Waals surface area contributed by atoms with E-state index >= 15 is 0 Å². The number of nitrogens with zero attached hydrogens (tertiary/aromatic N) is 1. The van der Waals surface area contributed by atoms with Crippen molar-refractivity contribution < 1.29 is 14.6 Å². The van der Waals surface area contributed by atoms with Crippen LogP contribution in [0, 0.1) is 0 Å². The summed E-state index contributed by atoms with van der Waals surface area (Å²) in [5.74, 6) is 1.41. The van der Waals surface area contributed by atoms with Crippen molar-refractivity contribution in [2.24, 2.45) is 4.99 Å². The fraction of sp³-hybridized carbons (Fsp3) is 0.188. The van der Waals surface area contributed by atoms with Crippen molar-refractivity contribution in [3.63, 3.8) is 0 Å². The predicted molar refractivity (Wildman–Crippen MR) is 86.9 cm³/mol. The molecule has 0 aromatic heterocycles. The Morgan fingerprint density at radius 3 is 2.82 bits per heavy atom. The highest BCUT2D eigenvalue weighted by atomic mass is 35.5. The first-order valence-electron chi connectivity index (χ1n) is 6.70. The van der Waals surface area contributed by atoms with Crippen molar-refractivity contribution in [1.82, 2.24) is 0 Å². The molecule has 3 rings (SSSR count). The molecule has 0 saturated heterocycles. The summed E-state index contributed by atoms with van der Waals surface area (Å²) >= 11 is 11.8. The largest absolute Gasteiger partial charge is 0.506 e. The first kappa shape index (κ1) is 15.0. The maximum absolute atomic E-state index is 9.85. The Labute approximate surface area is 137 Å². The second-order valence-corrected chi connectivity index (χ2v) is 5.66. The van der Waals surface area contributed by atoms with Crippen LogP contribution in [-0.4, -0.2) is 30.6 Å². The lowest BCUT2D eigenvalue weighted by Gasteiger charge is -2.25. The fourth-order valence-corrected chi connectivity index (χ4v) is 2.62. The van der Waals surface area contributed by atoms with E-state index in [-0.39, 0.29) is 16.9 Å². The minimum absolute atomic E-state index is 0.0408. The van der Waals surface area contributed by atoms with E-state index in [1.807, 2.05) is 24.3 Å². The van der Waals surface area contributed by atoms with Gasteiger partial charge in [0.25, 0.3) is 0 Å². The van der Waals surface area contributed by atoms with E-state index in [1.165, 1.54) is 12.3 Å². The van der Waals surface area contributed by atoms with Crippen LogP contribution in [0.2, 0.25) is 10.0 Å². The molecule has 4 nitrogen and oxygen atoms in total. The molecule has 0 spiro atoms. The van der Waals surface area contributed by atoms with Gasteiger partial charge in [0.05, 0.1) is 11.6 Å². The average Bonchev–Trinajstić information content (AvgIpc) is 2.52. The van der Waals surface area contributed by atoms with Crippen molar-refractivity contribution >= 4 is 29.4 Å². The van der Waals surface area contributed by atoms with Crippen LogP contribution < -0.4 is 9.47 Å². The first-order chi connectivity index (χ1) is 10.6. The van der Waals surface area contributed by atoms with Crippen LogP contribution in [0.25, 0.3) is 0 Å². The summed E-state index contributed by atoms with van der Waals surface area (Å²) in [5, 5.41) is 10.5. The maximum Gasteiger partial charge on any atom is 0.161 e. The third-order valence-electron chi connectivity index (χ3n) is 3.16. The number of aliphatic imine (C=N–C) groups is 1. The number of benzene rings is 2. The van der Waals surface area contributed by atoms with Crippen LogP contribution in [0.4, 0.5) is 0 Å². The lowest BCUT2D eigenvalue weighted by molar-refractivity contribution is 0.0973. The third kappa shape index (κ3) is 3.29. The van der Waals surface area contributed by atoms with Gasteiger partial charge in [0.1, 0.15) is 12.4 Å². The zero-order valence-electron chi connectivity index (χ0n) is 11.5. The molecule has 0 saturated carbocycles. The highest BCUT2D eigenvalue weighted by Crippen LogP contribution is 2.31. The molecular weight excluding hydrogens is 325 g/mol. The van der Waals surface area contributed by atoms with Crippen LogP contribution in [-0.2, 0) is 0 Å². The first-order valence-corrected chi connectivity index (χ1v) is 7.45. The molecule has 2 aromatic rings. The number of ether oxygens (including phenoxy) is 2. The van der Waals surface area contributed by atoms with Gasteiger partial charge in [0.2, 0.25) is 0 Å². The van der Waals surface area contributed by atoms with Crippen molar-refractivity contribution in [3.8, 4) is 17.2 Å². The summed E-state index contributed by atoms with van der Waals surface area (Å²) in [6.45, 7) is 0.828. The van der Waals surface area contributed by atoms with Crippen molar-refractivity contribution in [2.45, 2.75) is 6.10 Å². The lowest BCUT2D eigenvalue weighted by Crippen LogP contribution is -2.31. The van der Waals surface area contributed by atoms with E-state index < -0.39 is 0 Å². The Kier molecular flexibility index (Phi) is 4.41. The summed E-state index contributed by atoms with van der Waals surface area (Å²) in [5.41, 5.74) is 0.467. The third-order valence-corrected chi connectivity index (χ3v) is 3.67. The Bertz CT molecular complexity index is 719. The molecule has 1 atom stereocenters. The quantitative estimate of drug-likeness (QED) is 0.862. The van der Waals surface area contributed by atoms with E-state index in [0.29, 0.717) is 29.5 Å². The van der Waals surface area contributed by atoms with Gasteiger partial charge >= 0.3 is 0 Å². The van der Waals surface area contributed by atoms with Crippen molar-refractivity contribution in [1.29, 1.82) is 0 Å². The number of fused-ring (bicyclic) bond motifs is 1. The molecule has 2 aromatic carbocycles. The van der Waals surface area contributed by atoms with E-state index in [2.05, 4.69) is 4.99 Å². The number of para-hydroxylation sites is 2. The van der Waals surface area contributed by atoms with Gasteiger partial charge in [0.15, 0.2) is 17.6 Å². The van der Waals surface area contributed by atoms with Crippen molar-refractivity contribution in [3.05, 3.63) is 52.0 Å². The number of aromatic hydroxyl groups is 1. The smallest absolute Gasteiger partial charge is 0.161 e. The van der Waals surface area contributed by atoms with Crippen LogP contribution in [0.5, 0.6) is 17.2 Å². The normalized spacial score (nSPS) is 16.9. The molecule has 1 N–H and O–H groups in total. The summed E-state index contributed by atoms with van der Waals surface area (Å²) < 4.78 is 11.4. The molecule has 1 heterocycles. The van der Waals surface area contributed by atoms with Gasteiger partial charge in [-0.25, -0.2) is 0 Å². The predicted octanol–water partition coefficient (Wildman–Crippen LogP) is 3.96. The second-order valence-electron chi connectivity index (χ2n) is 4.82. The molecular formula is C16H13Cl2NO3. The van der Waals surface area contributed by atoms with Gasteiger partial charge in [-0.2, -0.15) is 0 Å². The molecule has 0 aliphatic carbocycles. The minimum atomic E-state index is -0.178. The molecule has 0 bridgehead atoms. The molecule has 0 unspecified atom stereocenters. The summed E-state index contributed by atoms with van der Waals surface area (Å²) in [6, 6.07) is 10.6. The van der Waals surface area contributed by atoms with Gasteiger partial charge in [-0.1, -0.05) is 35.3 Å². The molecule has 0 radical (unpaired) electrons. The minimum Gasteiger partial charge on any atom is -0.506 e. The summed E-state index contributed by atoms with van der Waals surface area (Å²) in [7, 11) is 0. The number of halogens is 2. The average molecular weight is 338 g/mol.